The standard InChI is InChI=1S/C19H22N2O4/c1-20(2)16-7-3-14(4-8-16)11-15-5-9-17(10-6-15)21(12-18(22)23)13-19(24)25/h3-10H,11-13H2,1-2H3,(H,22,23)(H,24,25). The number of nitrogens with zero attached hydrogens (tertiary/aromatic N) is 2. The highest BCUT2D eigenvalue weighted by atomic mass is 16.4. The molecule has 6 nitrogen and oxygen atoms in total. The Morgan fingerprint density at radius 1 is 0.760 bits per heavy atom. The SMILES string of the molecule is CN(C)c1ccc(Cc2ccc(N(CC(=O)O)CC(=O)O)cc2)cc1. The number of carboxylic acids is 2. The van der Waals surface area contributed by atoms with Gasteiger partial charge in [-0.15, -0.1) is 0 Å². The van der Waals surface area contributed by atoms with Crippen LogP contribution in [0.3, 0.4) is 0 Å². The Kier molecular flexibility index (Phi) is 6.00. The summed E-state index contributed by atoms with van der Waals surface area (Å²) in [4.78, 5) is 25.2. The third kappa shape index (κ3) is 5.53. The fourth-order valence-electron chi connectivity index (χ4n) is 2.54. The summed E-state index contributed by atoms with van der Waals surface area (Å²) < 4.78 is 0. The largest absolute Gasteiger partial charge is 0.480 e. The van der Waals surface area contributed by atoms with Gasteiger partial charge < -0.3 is 20.0 Å². The van der Waals surface area contributed by atoms with E-state index < -0.39 is 11.9 Å². The van der Waals surface area contributed by atoms with Gasteiger partial charge in [-0.3, -0.25) is 9.59 Å². The van der Waals surface area contributed by atoms with E-state index in [2.05, 4.69) is 24.3 Å². The Morgan fingerprint density at radius 3 is 1.52 bits per heavy atom. The summed E-state index contributed by atoms with van der Waals surface area (Å²) in [6.45, 7) is -0.699. The Balaban J connectivity index is 2.09. The molecule has 2 rings (SSSR count). The van der Waals surface area contributed by atoms with Crippen LogP contribution >= 0.6 is 0 Å². The second-order valence-corrected chi connectivity index (χ2v) is 6.05. The number of carbonyl (C=O) groups is 2. The van der Waals surface area contributed by atoms with E-state index in [9.17, 15) is 9.59 Å². The summed E-state index contributed by atoms with van der Waals surface area (Å²) in [5, 5.41) is 17.9. The van der Waals surface area contributed by atoms with Crippen LogP contribution in [0.1, 0.15) is 11.1 Å². The number of hydrogen-bond donors (Lipinski definition) is 2. The van der Waals surface area contributed by atoms with Crippen molar-refractivity contribution in [3.63, 3.8) is 0 Å². The van der Waals surface area contributed by atoms with Gasteiger partial charge in [0.15, 0.2) is 0 Å². The average Bonchev–Trinajstić information content (AvgIpc) is 2.54. The Bertz CT molecular complexity index is 708. The highest BCUT2D eigenvalue weighted by Crippen LogP contribution is 2.19. The smallest absolute Gasteiger partial charge is 0.323 e. The summed E-state index contributed by atoms with van der Waals surface area (Å²) in [5.74, 6) is -2.13. The maximum atomic E-state index is 10.9. The molecule has 25 heavy (non-hydrogen) atoms. The molecule has 6 heteroatoms. The molecule has 2 N–H and O–H groups in total. The molecular weight excluding hydrogens is 320 g/mol. The minimum atomic E-state index is -1.06. The first-order valence-corrected chi connectivity index (χ1v) is 7.89. The predicted molar refractivity (Wildman–Crippen MR) is 97.5 cm³/mol. The quantitative estimate of drug-likeness (QED) is 0.766. The predicted octanol–water partition coefficient (Wildman–Crippen LogP) is 2.32. The molecule has 0 spiro atoms. The molecule has 0 saturated heterocycles. The molecule has 2 aromatic rings. The number of rotatable bonds is 8. The highest BCUT2D eigenvalue weighted by Gasteiger charge is 2.14. The fraction of sp³-hybridized carbons (Fsp3) is 0.263. The topological polar surface area (TPSA) is 81.1 Å². The minimum Gasteiger partial charge on any atom is -0.480 e. The second-order valence-electron chi connectivity index (χ2n) is 6.05. The number of anilines is 2. The first kappa shape index (κ1) is 18.3. The summed E-state index contributed by atoms with van der Waals surface area (Å²) in [6, 6.07) is 15.6. The Hall–Kier alpha value is -3.02. The van der Waals surface area contributed by atoms with Gasteiger partial charge in [0.05, 0.1) is 0 Å². The lowest BCUT2D eigenvalue weighted by Gasteiger charge is -2.20. The van der Waals surface area contributed by atoms with Crippen molar-refractivity contribution >= 4 is 23.3 Å². The van der Waals surface area contributed by atoms with Gasteiger partial charge in [0.2, 0.25) is 0 Å². The van der Waals surface area contributed by atoms with Gasteiger partial charge in [-0.05, 0) is 41.8 Å². The zero-order valence-electron chi connectivity index (χ0n) is 14.3. The normalized spacial score (nSPS) is 10.3. The van der Waals surface area contributed by atoms with E-state index in [4.69, 9.17) is 10.2 Å². The van der Waals surface area contributed by atoms with E-state index in [1.54, 1.807) is 12.1 Å². The van der Waals surface area contributed by atoms with Crippen LogP contribution in [-0.2, 0) is 16.0 Å². The van der Waals surface area contributed by atoms with E-state index in [1.807, 2.05) is 31.1 Å². The van der Waals surface area contributed by atoms with E-state index in [0.29, 0.717) is 5.69 Å². The van der Waals surface area contributed by atoms with E-state index in [1.165, 1.54) is 10.5 Å². The van der Waals surface area contributed by atoms with Crippen molar-refractivity contribution in [3.8, 4) is 0 Å². The van der Waals surface area contributed by atoms with Crippen LogP contribution < -0.4 is 9.80 Å². The average molecular weight is 342 g/mol. The van der Waals surface area contributed by atoms with Gasteiger partial charge in [-0.2, -0.15) is 0 Å². The molecule has 0 bridgehead atoms. The van der Waals surface area contributed by atoms with Crippen molar-refractivity contribution in [2.24, 2.45) is 0 Å². The molecule has 0 fully saturated rings. The van der Waals surface area contributed by atoms with Gasteiger partial charge in [0, 0.05) is 25.5 Å². The summed E-state index contributed by atoms with van der Waals surface area (Å²) >= 11 is 0. The molecule has 0 aromatic heterocycles. The lowest BCUT2D eigenvalue weighted by Crippen LogP contribution is -2.34. The lowest BCUT2D eigenvalue weighted by atomic mass is 10.0. The highest BCUT2D eigenvalue weighted by molar-refractivity contribution is 5.79. The number of benzene rings is 2. The first-order chi connectivity index (χ1) is 11.8. The lowest BCUT2D eigenvalue weighted by molar-refractivity contribution is -0.136. The van der Waals surface area contributed by atoms with E-state index in [-0.39, 0.29) is 13.1 Å². The van der Waals surface area contributed by atoms with Crippen LogP contribution in [0.15, 0.2) is 48.5 Å². The van der Waals surface area contributed by atoms with E-state index in [0.717, 1.165) is 17.7 Å². The molecule has 0 atom stereocenters. The third-order valence-corrected chi connectivity index (χ3v) is 3.81. The van der Waals surface area contributed by atoms with Crippen molar-refractivity contribution in [2.45, 2.75) is 6.42 Å². The van der Waals surface area contributed by atoms with Crippen molar-refractivity contribution in [3.05, 3.63) is 59.7 Å². The Morgan fingerprint density at radius 2 is 1.16 bits per heavy atom. The van der Waals surface area contributed by atoms with Gasteiger partial charge in [0.1, 0.15) is 13.1 Å². The van der Waals surface area contributed by atoms with Crippen molar-refractivity contribution in [1.29, 1.82) is 0 Å². The first-order valence-electron chi connectivity index (χ1n) is 7.89. The monoisotopic (exact) mass is 342 g/mol. The number of aliphatic carboxylic acids is 2. The van der Waals surface area contributed by atoms with Gasteiger partial charge in [0.25, 0.3) is 0 Å². The van der Waals surface area contributed by atoms with Gasteiger partial charge >= 0.3 is 11.9 Å². The minimum absolute atomic E-state index is 0.350. The molecule has 0 radical (unpaired) electrons. The molecule has 0 aliphatic heterocycles. The van der Waals surface area contributed by atoms with Gasteiger partial charge in [-0.1, -0.05) is 24.3 Å². The number of carboxylic acid groups (broad SMARTS) is 2. The van der Waals surface area contributed by atoms with Crippen LogP contribution in [0.4, 0.5) is 11.4 Å². The van der Waals surface area contributed by atoms with Crippen LogP contribution in [0.25, 0.3) is 0 Å². The maximum absolute atomic E-state index is 10.9. The van der Waals surface area contributed by atoms with Crippen molar-refractivity contribution in [2.75, 3.05) is 37.0 Å². The van der Waals surface area contributed by atoms with Crippen LogP contribution in [0, 0.1) is 0 Å². The fourth-order valence-corrected chi connectivity index (χ4v) is 2.54. The zero-order valence-corrected chi connectivity index (χ0v) is 14.3. The maximum Gasteiger partial charge on any atom is 0.323 e. The zero-order chi connectivity index (χ0) is 18.4. The number of hydrogen-bond acceptors (Lipinski definition) is 4. The van der Waals surface area contributed by atoms with Gasteiger partial charge in [-0.25, -0.2) is 0 Å². The molecule has 0 aliphatic rings. The molecule has 0 unspecified atom stereocenters. The van der Waals surface area contributed by atoms with E-state index >= 15 is 0 Å². The Labute approximate surface area is 146 Å². The van der Waals surface area contributed by atoms with Crippen LogP contribution in [0.5, 0.6) is 0 Å². The second kappa shape index (κ2) is 8.19. The summed E-state index contributed by atoms with van der Waals surface area (Å²) in [6.07, 6.45) is 0.756. The molecule has 0 amide bonds. The third-order valence-electron chi connectivity index (χ3n) is 3.81. The molecule has 0 saturated carbocycles. The molecule has 0 aliphatic carbocycles. The molecular formula is C19H22N2O4. The summed E-state index contributed by atoms with van der Waals surface area (Å²) in [7, 11) is 3.99. The van der Waals surface area contributed by atoms with Crippen molar-refractivity contribution < 1.29 is 19.8 Å². The molecule has 0 heterocycles. The molecule has 2 aromatic carbocycles. The molecule has 132 valence electrons. The van der Waals surface area contributed by atoms with Crippen LogP contribution in [0.2, 0.25) is 0 Å². The summed E-state index contributed by atoms with van der Waals surface area (Å²) in [5.41, 5.74) is 3.96. The van der Waals surface area contributed by atoms with Crippen LogP contribution in [-0.4, -0.2) is 49.3 Å². The van der Waals surface area contributed by atoms with Crippen molar-refractivity contribution in [1.82, 2.24) is 0 Å².